The van der Waals surface area contributed by atoms with Crippen molar-refractivity contribution in [1.29, 1.82) is 0 Å². The van der Waals surface area contributed by atoms with Gasteiger partial charge in [0, 0.05) is 17.3 Å². The second kappa shape index (κ2) is 10.5. The molecule has 3 rings (SSSR count). The zero-order chi connectivity index (χ0) is 18.9. The van der Waals surface area contributed by atoms with Crippen LogP contribution < -0.4 is 4.74 Å². The SMILES string of the molecule is CCCc1cccc(COc2ccc(Br)cc2)c1.O=C1CCC(=O)N1Br. The molecule has 1 saturated heterocycles. The molecule has 0 aromatic heterocycles. The fourth-order valence-electron chi connectivity index (χ4n) is 2.41. The molecule has 1 heterocycles. The van der Waals surface area contributed by atoms with Gasteiger partial charge in [-0.1, -0.05) is 53.5 Å². The van der Waals surface area contributed by atoms with Crippen molar-refractivity contribution in [3.05, 3.63) is 64.1 Å². The fraction of sp³-hybridized carbons (Fsp3) is 0.300. The largest absolute Gasteiger partial charge is 0.489 e. The molecule has 0 radical (unpaired) electrons. The molecule has 0 N–H and O–H groups in total. The number of benzene rings is 2. The van der Waals surface area contributed by atoms with E-state index >= 15 is 0 Å². The monoisotopic (exact) mass is 481 g/mol. The minimum atomic E-state index is -0.144. The zero-order valence-electron chi connectivity index (χ0n) is 14.6. The van der Waals surface area contributed by atoms with Gasteiger partial charge >= 0.3 is 0 Å². The average Bonchev–Trinajstić information content (AvgIpc) is 2.93. The van der Waals surface area contributed by atoms with Gasteiger partial charge in [-0.05, 0) is 41.8 Å². The van der Waals surface area contributed by atoms with Gasteiger partial charge in [0.1, 0.15) is 12.4 Å². The van der Waals surface area contributed by atoms with Gasteiger partial charge in [-0.3, -0.25) is 9.59 Å². The first kappa shape index (κ1) is 20.6. The van der Waals surface area contributed by atoms with Crippen molar-refractivity contribution in [2.24, 2.45) is 0 Å². The molecule has 0 aliphatic carbocycles. The number of aryl methyl sites for hydroxylation is 1. The third-order valence-electron chi connectivity index (χ3n) is 3.74. The number of hydrogen-bond donors (Lipinski definition) is 0. The summed E-state index contributed by atoms with van der Waals surface area (Å²) in [5.41, 5.74) is 2.61. The Balaban J connectivity index is 0.000000254. The summed E-state index contributed by atoms with van der Waals surface area (Å²) in [4.78, 5) is 20.9. The normalized spacial score (nSPS) is 13.4. The molecule has 1 aliphatic rings. The van der Waals surface area contributed by atoms with E-state index in [2.05, 4.69) is 63.3 Å². The quantitative estimate of drug-likeness (QED) is 0.421. The topological polar surface area (TPSA) is 46.6 Å². The number of carbonyl (C=O) groups excluding carboxylic acids is 2. The maximum atomic E-state index is 10.4. The molecule has 6 heteroatoms. The number of halogens is 2. The lowest BCUT2D eigenvalue weighted by Crippen LogP contribution is -2.16. The van der Waals surface area contributed by atoms with Gasteiger partial charge in [0.05, 0.1) is 16.1 Å². The molecule has 1 aliphatic heterocycles. The molecule has 2 amide bonds. The van der Waals surface area contributed by atoms with E-state index in [1.165, 1.54) is 17.5 Å². The van der Waals surface area contributed by atoms with Crippen LogP contribution in [-0.2, 0) is 22.6 Å². The van der Waals surface area contributed by atoms with E-state index in [4.69, 9.17) is 4.74 Å². The zero-order valence-corrected chi connectivity index (χ0v) is 17.8. The van der Waals surface area contributed by atoms with E-state index in [1.807, 2.05) is 24.3 Å². The van der Waals surface area contributed by atoms with Gasteiger partial charge in [0.25, 0.3) is 0 Å². The van der Waals surface area contributed by atoms with Crippen LogP contribution >= 0.6 is 32.1 Å². The Morgan fingerprint density at radius 2 is 1.62 bits per heavy atom. The summed E-state index contributed by atoms with van der Waals surface area (Å²) in [7, 11) is 0. The predicted octanol–water partition coefficient (Wildman–Crippen LogP) is 5.43. The number of amides is 2. The second-order valence-electron chi connectivity index (χ2n) is 5.88. The van der Waals surface area contributed by atoms with Crippen LogP contribution in [0.3, 0.4) is 0 Å². The molecule has 0 saturated carbocycles. The Bertz CT molecular complexity index is 731. The Morgan fingerprint density at radius 1 is 1.00 bits per heavy atom. The van der Waals surface area contributed by atoms with Crippen LogP contribution in [0.15, 0.2) is 53.0 Å². The van der Waals surface area contributed by atoms with Crippen LogP contribution in [-0.4, -0.2) is 15.7 Å². The first-order chi connectivity index (χ1) is 12.5. The molecular formula is C20H21Br2NO3. The van der Waals surface area contributed by atoms with E-state index in [0.29, 0.717) is 19.4 Å². The Kier molecular flexibility index (Phi) is 8.32. The predicted molar refractivity (Wildman–Crippen MR) is 109 cm³/mol. The number of ether oxygens (including phenoxy) is 1. The highest BCUT2D eigenvalue weighted by Crippen LogP contribution is 2.18. The van der Waals surface area contributed by atoms with E-state index in [-0.39, 0.29) is 11.8 Å². The third-order valence-corrected chi connectivity index (χ3v) is 5.06. The van der Waals surface area contributed by atoms with Gasteiger partial charge in [0.15, 0.2) is 0 Å². The molecule has 26 heavy (non-hydrogen) atoms. The lowest BCUT2D eigenvalue weighted by atomic mass is 10.1. The van der Waals surface area contributed by atoms with Crippen molar-refractivity contribution >= 4 is 43.9 Å². The van der Waals surface area contributed by atoms with Crippen molar-refractivity contribution in [2.75, 3.05) is 0 Å². The highest BCUT2D eigenvalue weighted by molar-refractivity contribution is 9.10. The molecule has 2 aromatic rings. The van der Waals surface area contributed by atoms with Gasteiger partial charge < -0.3 is 4.74 Å². The number of imide groups is 1. The van der Waals surface area contributed by atoms with E-state index < -0.39 is 0 Å². The summed E-state index contributed by atoms with van der Waals surface area (Å²) in [6.45, 7) is 2.82. The summed E-state index contributed by atoms with van der Waals surface area (Å²) < 4.78 is 7.81. The van der Waals surface area contributed by atoms with Gasteiger partial charge in [-0.25, -0.2) is 3.93 Å². The van der Waals surface area contributed by atoms with E-state index in [9.17, 15) is 9.59 Å². The van der Waals surface area contributed by atoms with Crippen molar-refractivity contribution in [2.45, 2.75) is 39.2 Å². The smallest absolute Gasteiger partial charge is 0.239 e. The van der Waals surface area contributed by atoms with Crippen molar-refractivity contribution in [1.82, 2.24) is 3.93 Å². The molecule has 0 spiro atoms. The molecule has 2 aromatic carbocycles. The molecule has 0 atom stereocenters. The van der Waals surface area contributed by atoms with Crippen LogP contribution in [0.5, 0.6) is 5.75 Å². The van der Waals surface area contributed by atoms with Crippen LogP contribution in [0.1, 0.15) is 37.3 Å². The van der Waals surface area contributed by atoms with Crippen LogP contribution in [0.4, 0.5) is 0 Å². The Labute approximate surface area is 171 Å². The fourth-order valence-corrected chi connectivity index (χ4v) is 3.03. The van der Waals surface area contributed by atoms with Gasteiger partial charge in [-0.2, -0.15) is 0 Å². The number of hydrogen-bond acceptors (Lipinski definition) is 3. The van der Waals surface area contributed by atoms with Crippen molar-refractivity contribution in [3.63, 3.8) is 0 Å². The highest BCUT2D eigenvalue weighted by atomic mass is 79.9. The third kappa shape index (κ3) is 6.57. The minimum absolute atomic E-state index is 0.144. The van der Waals surface area contributed by atoms with E-state index in [0.717, 1.165) is 20.6 Å². The van der Waals surface area contributed by atoms with Crippen molar-refractivity contribution < 1.29 is 14.3 Å². The van der Waals surface area contributed by atoms with Gasteiger partial charge in [-0.15, -0.1) is 0 Å². The summed E-state index contributed by atoms with van der Waals surface area (Å²) in [6.07, 6.45) is 3.01. The maximum Gasteiger partial charge on any atom is 0.239 e. The molecule has 138 valence electrons. The standard InChI is InChI=1S/C16H17BrO.C4H4BrNO2/c1-2-4-13-5-3-6-14(11-13)12-18-16-9-7-15(17)8-10-16;5-6-3(7)1-2-4(6)8/h3,5-11H,2,4,12H2,1H3;1-2H2. The first-order valence-electron chi connectivity index (χ1n) is 8.47. The van der Waals surface area contributed by atoms with Crippen LogP contribution in [0.25, 0.3) is 0 Å². The number of nitrogens with zero attached hydrogens (tertiary/aromatic N) is 1. The molecule has 4 nitrogen and oxygen atoms in total. The number of carbonyl (C=O) groups is 2. The maximum absolute atomic E-state index is 10.4. The Morgan fingerprint density at radius 3 is 2.15 bits per heavy atom. The summed E-state index contributed by atoms with van der Waals surface area (Å²) in [6, 6.07) is 16.5. The minimum Gasteiger partial charge on any atom is -0.489 e. The number of rotatable bonds is 5. The molecule has 1 fully saturated rings. The summed E-state index contributed by atoms with van der Waals surface area (Å²) in [5, 5.41) is 0. The molecular weight excluding hydrogens is 462 g/mol. The van der Waals surface area contributed by atoms with Crippen molar-refractivity contribution in [3.8, 4) is 5.75 Å². The first-order valence-corrected chi connectivity index (χ1v) is 9.97. The van der Waals surface area contributed by atoms with Crippen LogP contribution in [0.2, 0.25) is 0 Å². The molecule has 0 bridgehead atoms. The second-order valence-corrected chi connectivity index (χ2v) is 7.51. The summed E-state index contributed by atoms with van der Waals surface area (Å²) >= 11 is 6.22. The van der Waals surface area contributed by atoms with Gasteiger partial charge in [0.2, 0.25) is 11.8 Å². The Hall–Kier alpha value is -1.66. The lowest BCUT2D eigenvalue weighted by molar-refractivity contribution is -0.131. The van der Waals surface area contributed by atoms with Crippen LogP contribution in [0, 0.1) is 0 Å². The highest BCUT2D eigenvalue weighted by Gasteiger charge is 2.26. The summed E-state index contributed by atoms with van der Waals surface area (Å²) in [5.74, 6) is 0.615. The average molecular weight is 483 g/mol. The van der Waals surface area contributed by atoms with E-state index in [1.54, 1.807) is 0 Å². The lowest BCUT2D eigenvalue weighted by Gasteiger charge is -2.07. The molecule has 0 unspecified atom stereocenters.